The summed E-state index contributed by atoms with van der Waals surface area (Å²) in [6.07, 6.45) is 1.49. The molecule has 1 fully saturated rings. The lowest BCUT2D eigenvalue weighted by atomic mass is 10.2. The number of hydrogen-bond acceptors (Lipinski definition) is 4. The Morgan fingerprint density at radius 2 is 1.62 bits per heavy atom. The van der Waals surface area contributed by atoms with Crippen LogP contribution in [-0.4, -0.2) is 47.8 Å². The van der Waals surface area contributed by atoms with Crippen LogP contribution in [0.3, 0.4) is 0 Å². The summed E-state index contributed by atoms with van der Waals surface area (Å²) in [7, 11) is 0. The maximum absolute atomic E-state index is 12.7. The van der Waals surface area contributed by atoms with Gasteiger partial charge in [-0.1, -0.05) is 18.2 Å². The lowest BCUT2D eigenvalue weighted by molar-refractivity contribution is 0.0520. The number of thiophene rings is 1. The SMILES string of the molecule is O=C(c1ccco1)N1CCN(C(=O)c2cc3ccccc3s2)CC1. The third kappa shape index (κ3) is 2.69. The number of benzene rings is 1. The zero-order chi connectivity index (χ0) is 16.5. The molecule has 0 atom stereocenters. The molecule has 3 aromatic rings. The van der Waals surface area contributed by atoms with Crippen LogP contribution in [0.25, 0.3) is 10.1 Å². The number of hydrogen-bond donors (Lipinski definition) is 0. The number of fused-ring (bicyclic) bond motifs is 1. The van der Waals surface area contributed by atoms with Crippen molar-refractivity contribution in [3.8, 4) is 0 Å². The van der Waals surface area contributed by atoms with Crippen LogP contribution in [0.15, 0.2) is 53.1 Å². The molecule has 3 heterocycles. The van der Waals surface area contributed by atoms with Crippen LogP contribution in [0.4, 0.5) is 0 Å². The van der Waals surface area contributed by atoms with Gasteiger partial charge in [0.15, 0.2) is 5.76 Å². The van der Waals surface area contributed by atoms with E-state index >= 15 is 0 Å². The van der Waals surface area contributed by atoms with E-state index in [2.05, 4.69) is 0 Å². The van der Waals surface area contributed by atoms with Crippen molar-refractivity contribution >= 4 is 33.2 Å². The lowest BCUT2D eigenvalue weighted by Gasteiger charge is -2.34. The molecular weight excluding hydrogens is 324 g/mol. The summed E-state index contributed by atoms with van der Waals surface area (Å²) in [5.41, 5.74) is 0. The normalized spacial score (nSPS) is 15.0. The fourth-order valence-corrected chi connectivity index (χ4v) is 3.94. The van der Waals surface area contributed by atoms with Crippen LogP contribution in [0.2, 0.25) is 0 Å². The van der Waals surface area contributed by atoms with Crippen molar-refractivity contribution in [2.75, 3.05) is 26.2 Å². The quantitative estimate of drug-likeness (QED) is 0.720. The van der Waals surface area contributed by atoms with Crippen LogP contribution >= 0.6 is 11.3 Å². The Hall–Kier alpha value is -2.60. The first kappa shape index (κ1) is 15.0. The third-order valence-electron chi connectivity index (χ3n) is 4.22. The highest BCUT2D eigenvalue weighted by Crippen LogP contribution is 2.26. The fraction of sp³-hybridized carbons (Fsp3) is 0.222. The molecule has 122 valence electrons. The molecule has 1 aliphatic rings. The van der Waals surface area contributed by atoms with Crippen molar-refractivity contribution in [2.24, 2.45) is 0 Å². The molecule has 0 N–H and O–H groups in total. The highest BCUT2D eigenvalue weighted by Gasteiger charge is 2.27. The minimum absolute atomic E-state index is 0.0429. The van der Waals surface area contributed by atoms with E-state index in [9.17, 15) is 9.59 Å². The lowest BCUT2D eigenvalue weighted by Crippen LogP contribution is -2.50. The van der Waals surface area contributed by atoms with Crippen molar-refractivity contribution in [2.45, 2.75) is 0 Å². The molecule has 0 unspecified atom stereocenters. The van der Waals surface area contributed by atoms with Gasteiger partial charge in [0, 0.05) is 30.9 Å². The van der Waals surface area contributed by atoms with Gasteiger partial charge in [-0.15, -0.1) is 11.3 Å². The third-order valence-corrected chi connectivity index (χ3v) is 5.33. The van der Waals surface area contributed by atoms with E-state index in [1.165, 1.54) is 17.6 Å². The van der Waals surface area contributed by atoms with Crippen LogP contribution in [-0.2, 0) is 0 Å². The summed E-state index contributed by atoms with van der Waals surface area (Å²) in [4.78, 5) is 29.2. The zero-order valence-corrected chi connectivity index (χ0v) is 13.8. The van der Waals surface area contributed by atoms with Crippen LogP contribution < -0.4 is 0 Å². The van der Waals surface area contributed by atoms with Crippen molar-refractivity contribution in [3.05, 3.63) is 59.4 Å². The first-order chi connectivity index (χ1) is 11.7. The molecule has 5 nitrogen and oxygen atoms in total. The molecule has 1 aliphatic heterocycles. The molecule has 0 bridgehead atoms. The van der Waals surface area contributed by atoms with Crippen molar-refractivity contribution < 1.29 is 14.0 Å². The predicted octanol–water partition coefficient (Wildman–Crippen LogP) is 3.09. The van der Waals surface area contributed by atoms with E-state index in [0.29, 0.717) is 31.9 Å². The number of carbonyl (C=O) groups is 2. The topological polar surface area (TPSA) is 53.8 Å². The molecule has 0 radical (unpaired) electrons. The van der Waals surface area contributed by atoms with Gasteiger partial charge in [-0.2, -0.15) is 0 Å². The van der Waals surface area contributed by atoms with Crippen molar-refractivity contribution in [1.82, 2.24) is 9.80 Å². The average Bonchev–Trinajstić information content (AvgIpc) is 3.30. The fourth-order valence-electron chi connectivity index (χ4n) is 2.91. The van der Waals surface area contributed by atoms with Gasteiger partial charge < -0.3 is 14.2 Å². The highest BCUT2D eigenvalue weighted by atomic mass is 32.1. The van der Waals surface area contributed by atoms with Gasteiger partial charge in [0.25, 0.3) is 11.8 Å². The van der Waals surface area contributed by atoms with E-state index in [-0.39, 0.29) is 11.8 Å². The van der Waals surface area contributed by atoms with Gasteiger partial charge in [-0.05, 0) is 29.7 Å². The van der Waals surface area contributed by atoms with Crippen molar-refractivity contribution in [1.29, 1.82) is 0 Å². The van der Waals surface area contributed by atoms with Crippen LogP contribution in [0, 0.1) is 0 Å². The smallest absolute Gasteiger partial charge is 0.289 e. The van der Waals surface area contributed by atoms with Gasteiger partial charge in [0.1, 0.15) is 0 Å². The number of amides is 2. The standard InChI is InChI=1S/C18H16N2O3S/c21-17(14-5-3-11-23-14)19-7-9-20(10-8-19)18(22)16-12-13-4-1-2-6-15(13)24-16/h1-6,11-12H,7-10H2. The number of carbonyl (C=O) groups excluding carboxylic acids is 2. The molecule has 1 saturated heterocycles. The monoisotopic (exact) mass is 340 g/mol. The van der Waals surface area contributed by atoms with E-state index in [1.807, 2.05) is 35.2 Å². The molecule has 1 aromatic carbocycles. The second-order valence-corrected chi connectivity index (χ2v) is 6.79. The summed E-state index contributed by atoms with van der Waals surface area (Å²) < 4.78 is 6.27. The molecule has 2 aromatic heterocycles. The largest absolute Gasteiger partial charge is 0.459 e. The molecule has 0 aliphatic carbocycles. The number of nitrogens with zero attached hydrogens (tertiary/aromatic N) is 2. The van der Waals surface area contributed by atoms with Crippen molar-refractivity contribution in [3.63, 3.8) is 0 Å². The van der Waals surface area contributed by atoms with E-state index in [0.717, 1.165) is 15.0 Å². The molecule has 2 amide bonds. The highest BCUT2D eigenvalue weighted by molar-refractivity contribution is 7.20. The number of piperazine rings is 1. The summed E-state index contributed by atoms with van der Waals surface area (Å²) in [6, 6.07) is 13.3. The Kier molecular flexibility index (Phi) is 3.82. The average molecular weight is 340 g/mol. The number of furan rings is 1. The van der Waals surface area contributed by atoms with Gasteiger partial charge in [-0.3, -0.25) is 9.59 Å². The number of rotatable bonds is 2. The molecule has 6 heteroatoms. The van der Waals surface area contributed by atoms with Crippen LogP contribution in [0.1, 0.15) is 20.2 Å². The van der Waals surface area contributed by atoms with E-state index < -0.39 is 0 Å². The zero-order valence-electron chi connectivity index (χ0n) is 13.0. The first-order valence-corrected chi connectivity index (χ1v) is 8.64. The Labute approximate surface area is 143 Å². The maximum atomic E-state index is 12.7. The maximum Gasteiger partial charge on any atom is 0.289 e. The summed E-state index contributed by atoms with van der Waals surface area (Å²) in [6.45, 7) is 2.13. The first-order valence-electron chi connectivity index (χ1n) is 7.83. The Bertz CT molecular complexity index is 844. The van der Waals surface area contributed by atoms with E-state index in [4.69, 9.17) is 4.42 Å². The Balaban J connectivity index is 1.43. The summed E-state index contributed by atoms with van der Waals surface area (Å²) in [5.74, 6) is 0.273. The van der Waals surface area contributed by atoms with Gasteiger partial charge in [0.05, 0.1) is 11.1 Å². The molecule has 0 spiro atoms. The van der Waals surface area contributed by atoms with Gasteiger partial charge in [-0.25, -0.2) is 0 Å². The molecule has 0 saturated carbocycles. The van der Waals surface area contributed by atoms with E-state index in [1.54, 1.807) is 17.0 Å². The molecule has 24 heavy (non-hydrogen) atoms. The van der Waals surface area contributed by atoms with Gasteiger partial charge in [0.2, 0.25) is 0 Å². The summed E-state index contributed by atoms with van der Waals surface area (Å²) >= 11 is 1.52. The molecular formula is C18H16N2O3S. The molecule has 4 rings (SSSR count). The second-order valence-electron chi connectivity index (χ2n) is 5.71. The Morgan fingerprint density at radius 3 is 2.29 bits per heavy atom. The van der Waals surface area contributed by atoms with Crippen LogP contribution in [0.5, 0.6) is 0 Å². The minimum atomic E-state index is -0.117. The minimum Gasteiger partial charge on any atom is -0.459 e. The predicted molar refractivity (Wildman–Crippen MR) is 92.3 cm³/mol. The van der Waals surface area contributed by atoms with Gasteiger partial charge >= 0.3 is 0 Å². The summed E-state index contributed by atoms with van der Waals surface area (Å²) in [5, 5.41) is 1.09. The Morgan fingerprint density at radius 1 is 0.917 bits per heavy atom. The second kappa shape index (κ2) is 6.13.